The van der Waals surface area contributed by atoms with Gasteiger partial charge in [0.05, 0.1) is 13.2 Å². The van der Waals surface area contributed by atoms with Crippen molar-refractivity contribution in [3.63, 3.8) is 0 Å². The molecule has 0 aromatic heterocycles. The van der Waals surface area contributed by atoms with Crippen LogP contribution in [0.25, 0.3) is 0 Å². The molecule has 20 heavy (non-hydrogen) atoms. The van der Waals surface area contributed by atoms with E-state index >= 15 is 0 Å². The molecule has 112 valence electrons. The zero-order valence-corrected chi connectivity index (χ0v) is 11.6. The monoisotopic (exact) mass is 284 g/mol. The molecule has 0 radical (unpaired) electrons. The lowest BCUT2D eigenvalue weighted by Gasteiger charge is -2.26. The van der Waals surface area contributed by atoms with Crippen molar-refractivity contribution in [3.8, 4) is 0 Å². The van der Waals surface area contributed by atoms with Gasteiger partial charge in [0.2, 0.25) is 0 Å². The molecule has 2 rings (SSSR count). The molecule has 1 N–H and O–H groups in total. The quantitative estimate of drug-likeness (QED) is 0.893. The lowest BCUT2D eigenvalue weighted by Crippen LogP contribution is -2.38. The van der Waals surface area contributed by atoms with E-state index in [1.165, 1.54) is 12.1 Å². The highest BCUT2D eigenvalue weighted by Gasteiger charge is 2.34. The normalized spacial score (nSPS) is 18.9. The van der Waals surface area contributed by atoms with Crippen LogP contribution in [0.1, 0.15) is 12.0 Å². The van der Waals surface area contributed by atoms with Crippen molar-refractivity contribution >= 4 is 0 Å². The lowest BCUT2D eigenvalue weighted by molar-refractivity contribution is -0.0370. The lowest BCUT2D eigenvalue weighted by atomic mass is 10.1. The van der Waals surface area contributed by atoms with Gasteiger partial charge in [-0.2, -0.15) is 8.78 Å². The van der Waals surface area contributed by atoms with Gasteiger partial charge in [0.15, 0.2) is 0 Å². The summed E-state index contributed by atoms with van der Waals surface area (Å²) in [6.07, 6.45) is 0.866. The second kappa shape index (κ2) is 7.11. The van der Waals surface area contributed by atoms with Crippen LogP contribution < -0.4 is 0 Å². The molecule has 1 saturated heterocycles. The Bertz CT molecular complexity index is 400. The smallest absolute Gasteiger partial charge is 0.285 e. The molecule has 1 aromatic carbocycles. The minimum absolute atomic E-state index is 0.0801. The summed E-state index contributed by atoms with van der Waals surface area (Å²) in [5.41, 5.74) is 0.0801. The summed E-state index contributed by atoms with van der Waals surface area (Å²) in [5, 5.41) is 8.94. The van der Waals surface area contributed by atoms with Crippen LogP contribution in [0.3, 0.4) is 0 Å². The van der Waals surface area contributed by atoms with Crippen LogP contribution in [0.4, 0.5) is 8.78 Å². The average Bonchev–Trinajstić information content (AvgIpc) is 2.66. The first-order valence-electron chi connectivity index (χ1n) is 7.11. The Morgan fingerprint density at radius 2 is 1.65 bits per heavy atom. The number of hydrogen-bond donors (Lipinski definition) is 1. The molecule has 1 fully saturated rings. The molecule has 1 heterocycles. The van der Waals surface area contributed by atoms with Gasteiger partial charge in [-0.1, -0.05) is 30.3 Å². The molecule has 0 unspecified atom stereocenters. The molecule has 3 nitrogen and oxygen atoms in total. The number of β-amino-alcohol motifs (C(OH)–C–C–N with tert-alkyl or cyclic N) is 1. The average molecular weight is 284 g/mol. The fraction of sp³-hybridized carbons (Fsp3) is 0.600. The first-order chi connectivity index (χ1) is 9.62. The van der Waals surface area contributed by atoms with E-state index in [9.17, 15) is 8.78 Å². The SMILES string of the molecule is OCCN1CCCN(CC(F)(F)c2ccccc2)CC1. The van der Waals surface area contributed by atoms with E-state index in [1.807, 2.05) is 4.90 Å². The summed E-state index contributed by atoms with van der Waals surface area (Å²) in [5.74, 6) is -2.81. The maximum atomic E-state index is 14.2. The van der Waals surface area contributed by atoms with Crippen molar-refractivity contribution in [1.82, 2.24) is 9.80 Å². The predicted octanol–water partition coefficient (Wildman–Crippen LogP) is 1.78. The zero-order valence-electron chi connectivity index (χ0n) is 11.6. The van der Waals surface area contributed by atoms with Gasteiger partial charge in [0, 0.05) is 25.2 Å². The molecule has 0 spiro atoms. The molecule has 0 amide bonds. The van der Waals surface area contributed by atoms with Crippen LogP contribution in [0.15, 0.2) is 30.3 Å². The number of hydrogen-bond acceptors (Lipinski definition) is 3. The Hall–Kier alpha value is -1.04. The highest BCUT2D eigenvalue weighted by Crippen LogP contribution is 2.29. The van der Waals surface area contributed by atoms with Crippen molar-refractivity contribution in [1.29, 1.82) is 0 Å². The largest absolute Gasteiger partial charge is 0.395 e. The molecule has 1 aromatic rings. The predicted molar refractivity (Wildman–Crippen MR) is 74.9 cm³/mol. The van der Waals surface area contributed by atoms with Gasteiger partial charge in [0.25, 0.3) is 5.92 Å². The number of nitrogens with zero attached hydrogens (tertiary/aromatic N) is 2. The summed E-state index contributed by atoms with van der Waals surface area (Å²) < 4.78 is 28.4. The number of halogens is 2. The molecule has 0 saturated carbocycles. The van der Waals surface area contributed by atoms with Crippen LogP contribution in [0, 0.1) is 0 Å². The topological polar surface area (TPSA) is 26.7 Å². The van der Waals surface area contributed by atoms with Gasteiger partial charge in [-0.15, -0.1) is 0 Å². The van der Waals surface area contributed by atoms with Crippen molar-refractivity contribution < 1.29 is 13.9 Å². The van der Waals surface area contributed by atoms with Crippen LogP contribution in [-0.2, 0) is 5.92 Å². The van der Waals surface area contributed by atoms with Crippen molar-refractivity contribution in [2.24, 2.45) is 0 Å². The zero-order chi connectivity index (χ0) is 14.4. The molecular formula is C15H22F2N2O. The van der Waals surface area contributed by atoms with E-state index in [-0.39, 0.29) is 18.7 Å². The maximum Gasteiger partial charge on any atom is 0.285 e. The van der Waals surface area contributed by atoms with E-state index in [2.05, 4.69) is 4.90 Å². The maximum absolute atomic E-state index is 14.2. The minimum Gasteiger partial charge on any atom is -0.395 e. The second-order valence-electron chi connectivity index (χ2n) is 5.27. The Labute approximate surface area is 118 Å². The van der Waals surface area contributed by atoms with Gasteiger partial charge < -0.3 is 5.11 Å². The molecular weight excluding hydrogens is 262 g/mol. The number of rotatable bonds is 5. The van der Waals surface area contributed by atoms with Gasteiger partial charge in [0.1, 0.15) is 0 Å². The van der Waals surface area contributed by atoms with E-state index in [0.29, 0.717) is 19.6 Å². The Balaban J connectivity index is 1.92. The Morgan fingerprint density at radius 3 is 2.35 bits per heavy atom. The number of benzene rings is 1. The molecule has 1 aliphatic rings. The summed E-state index contributed by atoms with van der Waals surface area (Å²) in [6.45, 7) is 3.44. The van der Waals surface area contributed by atoms with Crippen molar-refractivity contribution in [2.45, 2.75) is 12.3 Å². The van der Waals surface area contributed by atoms with Gasteiger partial charge in [-0.25, -0.2) is 0 Å². The first kappa shape index (κ1) is 15.4. The number of aliphatic hydroxyl groups is 1. The molecule has 0 atom stereocenters. The highest BCUT2D eigenvalue weighted by atomic mass is 19.3. The minimum atomic E-state index is -2.81. The summed E-state index contributed by atoms with van der Waals surface area (Å²) >= 11 is 0. The number of alkyl halides is 2. The van der Waals surface area contributed by atoms with Gasteiger partial charge >= 0.3 is 0 Å². The van der Waals surface area contributed by atoms with Crippen LogP contribution in [0.2, 0.25) is 0 Å². The molecule has 1 aliphatic heterocycles. The summed E-state index contributed by atoms with van der Waals surface area (Å²) in [6, 6.07) is 8.01. The third kappa shape index (κ3) is 4.23. The standard InChI is InChI=1S/C15H22F2N2O/c16-15(17,14-5-2-1-3-6-14)13-19-8-4-7-18(9-10-19)11-12-20/h1-3,5-6,20H,4,7-13H2. The fourth-order valence-electron chi connectivity index (χ4n) is 2.60. The van der Waals surface area contributed by atoms with Crippen molar-refractivity contribution in [3.05, 3.63) is 35.9 Å². The summed E-state index contributed by atoms with van der Waals surface area (Å²) in [4.78, 5) is 3.95. The number of aliphatic hydroxyl groups excluding tert-OH is 1. The first-order valence-corrected chi connectivity index (χ1v) is 7.11. The summed E-state index contributed by atoms with van der Waals surface area (Å²) in [7, 11) is 0. The van der Waals surface area contributed by atoms with E-state index in [1.54, 1.807) is 18.2 Å². The molecule has 0 bridgehead atoms. The van der Waals surface area contributed by atoms with Crippen molar-refractivity contribution in [2.75, 3.05) is 45.9 Å². The Kier molecular flexibility index (Phi) is 5.46. The highest BCUT2D eigenvalue weighted by molar-refractivity contribution is 5.20. The molecule has 0 aliphatic carbocycles. The van der Waals surface area contributed by atoms with Gasteiger partial charge in [-0.05, 0) is 19.5 Å². The van der Waals surface area contributed by atoms with E-state index in [4.69, 9.17) is 5.11 Å². The van der Waals surface area contributed by atoms with Crippen LogP contribution >= 0.6 is 0 Å². The third-order valence-corrected chi connectivity index (χ3v) is 3.72. The molecule has 5 heteroatoms. The second-order valence-corrected chi connectivity index (χ2v) is 5.27. The van der Waals surface area contributed by atoms with E-state index in [0.717, 1.165) is 19.5 Å². The third-order valence-electron chi connectivity index (χ3n) is 3.72. The Morgan fingerprint density at radius 1 is 1.00 bits per heavy atom. The van der Waals surface area contributed by atoms with Crippen LogP contribution in [-0.4, -0.2) is 60.8 Å². The van der Waals surface area contributed by atoms with Gasteiger partial charge in [-0.3, -0.25) is 9.80 Å². The van der Waals surface area contributed by atoms with E-state index < -0.39 is 5.92 Å². The van der Waals surface area contributed by atoms with Crippen LogP contribution in [0.5, 0.6) is 0 Å². The fourth-order valence-corrected chi connectivity index (χ4v) is 2.60.